The molecular formula is C50H72O2. The maximum Gasteiger partial charge on any atom is 0.0639 e. The van der Waals surface area contributed by atoms with Crippen LogP contribution in [0.4, 0.5) is 0 Å². The first-order valence-electron chi connectivity index (χ1n) is 19.5. The number of rotatable bonds is 16. The Balaban J connectivity index is 1.94. The van der Waals surface area contributed by atoms with Gasteiger partial charge in [0.05, 0.1) is 13.2 Å². The van der Waals surface area contributed by atoms with Crippen LogP contribution in [-0.4, -0.2) is 23.4 Å². The zero-order valence-corrected chi connectivity index (χ0v) is 34.5. The minimum Gasteiger partial charge on any atom is -0.392 e. The monoisotopic (exact) mass is 705 g/mol. The van der Waals surface area contributed by atoms with Crippen LogP contribution in [0.3, 0.4) is 0 Å². The van der Waals surface area contributed by atoms with Crippen LogP contribution in [0.5, 0.6) is 0 Å². The Labute approximate surface area is 319 Å². The minimum atomic E-state index is 0.127. The van der Waals surface area contributed by atoms with Crippen molar-refractivity contribution >= 4 is 0 Å². The molecule has 2 nitrogen and oxygen atoms in total. The van der Waals surface area contributed by atoms with Gasteiger partial charge in [0.2, 0.25) is 0 Å². The molecule has 0 aliphatic heterocycles. The standard InChI is InChI=1S/C50H72O2/c1-37(19-15-21-39(3)25-33-47-43(7)27-31-45(49(47,9)10)29-23-41(5)35-51)17-13-14-18-38(2)20-16-22-40(4)26-34-48-44(8)28-32-46(50(48,11)12)30-24-42(6)36-52/h13-26,33-34,45-48,51-52H,7-8,27-32,35-36H2,1-6,9-12H3/b14-13+,19-15+,20-16+,33-25+,34-26+,37-17-,38-18+,39-21+,40-22+,41-23+,42-24+/t45-,46-,47+,48+/m0/s1. The highest BCUT2D eigenvalue weighted by Crippen LogP contribution is 2.50. The Morgan fingerprint density at radius 3 is 1.23 bits per heavy atom. The molecule has 0 aromatic heterocycles. The second kappa shape index (κ2) is 21.9. The largest absolute Gasteiger partial charge is 0.392 e. The molecule has 0 bridgehead atoms. The van der Waals surface area contributed by atoms with Crippen LogP contribution in [0.1, 0.15) is 108 Å². The van der Waals surface area contributed by atoms with Gasteiger partial charge in [-0.25, -0.2) is 0 Å². The first-order valence-corrected chi connectivity index (χ1v) is 19.5. The maximum absolute atomic E-state index is 9.41. The van der Waals surface area contributed by atoms with Gasteiger partial charge in [0.25, 0.3) is 0 Å². The Bertz CT molecular complexity index is 1430. The summed E-state index contributed by atoms with van der Waals surface area (Å²) in [5.41, 5.74) is 9.85. The van der Waals surface area contributed by atoms with Gasteiger partial charge in [-0.2, -0.15) is 0 Å². The van der Waals surface area contributed by atoms with Crippen molar-refractivity contribution in [1.82, 2.24) is 0 Å². The fourth-order valence-corrected chi connectivity index (χ4v) is 7.60. The van der Waals surface area contributed by atoms with Gasteiger partial charge < -0.3 is 10.2 Å². The molecule has 0 aromatic rings. The van der Waals surface area contributed by atoms with Crippen molar-refractivity contribution in [3.63, 3.8) is 0 Å². The van der Waals surface area contributed by atoms with Gasteiger partial charge in [0.15, 0.2) is 0 Å². The van der Waals surface area contributed by atoms with Gasteiger partial charge in [-0.1, -0.05) is 183 Å². The Hall–Kier alpha value is -3.46. The van der Waals surface area contributed by atoms with Crippen molar-refractivity contribution in [3.05, 3.63) is 155 Å². The summed E-state index contributed by atoms with van der Waals surface area (Å²) in [7, 11) is 0. The number of hydrogen-bond acceptors (Lipinski definition) is 2. The molecule has 2 rings (SSSR count). The topological polar surface area (TPSA) is 40.5 Å². The molecule has 2 heteroatoms. The number of hydrogen-bond donors (Lipinski definition) is 2. The number of allylic oxidation sites excluding steroid dienone is 22. The van der Waals surface area contributed by atoms with Crippen molar-refractivity contribution in [1.29, 1.82) is 0 Å². The summed E-state index contributed by atoms with van der Waals surface area (Å²) in [4.78, 5) is 0. The predicted molar refractivity (Wildman–Crippen MR) is 230 cm³/mol. The third-order valence-electron chi connectivity index (χ3n) is 11.6. The van der Waals surface area contributed by atoms with E-state index in [1.807, 2.05) is 13.8 Å². The van der Waals surface area contributed by atoms with Gasteiger partial charge in [0.1, 0.15) is 0 Å². The van der Waals surface area contributed by atoms with E-state index >= 15 is 0 Å². The smallest absolute Gasteiger partial charge is 0.0639 e. The van der Waals surface area contributed by atoms with Crippen molar-refractivity contribution in [2.24, 2.45) is 34.5 Å². The normalized spacial score (nSPS) is 26.0. The first kappa shape index (κ1) is 44.7. The third-order valence-corrected chi connectivity index (χ3v) is 11.6. The molecule has 4 atom stereocenters. The molecule has 0 saturated heterocycles. The summed E-state index contributed by atoms with van der Waals surface area (Å²) in [5, 5.41) is 18.8. The molecule has 2 aliphatic rings. The van der Waals surface area contributed by atoms with E-state index in [4.69, 9.17) is 0 Å². The van der Waals surface area contributed by atoms with Crippen LogP contribution in [-0.2, 0) is 0 Å². The number of aliphatic hydroxyl groups excluding tert-OH is 2. The lowest BCUT2D eigenvalue weighted by Gasteiger charge is -2.45. The minimum absolute atomic E-state index is 0.127. The van der Waals surface area contributed by atoms with E-state index in [0.29, 0.717) is 23.7 Å². The lowest BCUT2D eigenvalue weighted by molar-refractivity contribution is 0.127. The SMILES string of the molecule is C=C1CC[C@H](C/C=C(\C)CO)C(C)(C)[C@@H]1/C=C/C(C)=C/C=C/C(C)=C\C=C\C=C(C)\C=C\C=C(C)\C=C\[C@@H]1C(=C)CC[C@H](C/C=C(\C)CO)C1(C)C. The van der Waals surface area contributed by atoms with E-state index < -0.39 is 0 Å². The van der Waals surface area contributed by atoms with Crippen molar-refractivity contribution in [2.75, 3.05) is 13.2 Å². The highest BCUT2D eigenvalue weighted by atomic mass is 16.3. The van der Waals surface area contributed by atoms with E-state index in [1.165, 1.54) is 33.4 Å². The van der Waals surface area contributed by atoms with Crippen molar-refractivity contribution in [2.45, 2.75) is 108 Å². The van der Waals surface area contributed by atoms with Crippen LogP contribution < -0.4 is 0 Å². The van der Waals surface area contributed by atoms with Crippen LogP contribution in [0.25, 0.3) is 0 Å². The molecule has 284 valence electrons. The summed E-state index contributed by atoms with van der Waals surface area (Å²) >= 11 is 0. The highest BCUT2D eigenvalue weighted by Gasteiger charge is 2.41. The molecule has 0 amide bonds. The van der Waals surface area contributed by atoms with Crippen molar-refractivity contribution < 1.29 is 10.2 Å². The molecule has 0 radical (unpaired) electrons. The van der Waals surface area contributed by atoms with Crippen LogP contribution in [0, 0.1) is 34.5 Å². The van der Waals surface area contributed by atoms with E-state index in [1.54, 1.807) is 0 Å². The zero-order chi connectivity index (χ0) is 38.9. The zero-order valence-electron chi connectivity index (χ0n) is 34.5. The van der Waals surface area contributed by atoms with E-state index in [-0.39, 0.29) is 24.0 Å². The van der Waals surface area contributed by atoms with Crippen molar-refractivity contribution in [3.8, 4) is 0 Å². The van der Waals surface area contributed by atoms with Gasteiger partial charge in [0, 0.05) is 11.8 Å². The predicted octanol–water partition coefficient (Wildman–Crippen LogP) is 13.4. The molecule has 0 unspecified atom stereocenters. The third kappa shape index (κ3) is 14.5. The maximum atomic E-state index is 9.41. The first-order chi connectivity index (χ1) is 24.5. The van der Waals surface area contributed by atoms with E-state index in [0.717, 1.165) is 49.7 Å². The summed E-state index contributed by atoms with van der Waals surface area (Å²) in [6.45, 7) is 31.2. The van der Waals surface area contributed by atoms with Gasteiger partial charge >= 0.3 is 0 Å². The highest BCUT2D eigenvalue weighted by molar-refractivity contribution is 5.33. The molecule has 2 aliphatic carbocycles. The summed E-state index contributed by atoms with van der Waals surface area (Å²) < 4.78 is 0. The van der Waals surface area contributed by atoms with E-state index in [2.05, 4.69) is 166 Å². The molecule has 0 heterocycles. The van der Waals surface area contributed by atoms with E-state index in [9.17, 15) is 10.2 Å². The molecule has 0 aromatic carbocycles. The Kier molecular flexibility index (Phi) is 18.8. The Morgan fingerprint density at radius 2 is 0.885 bits per heavy atom. The lowest BCUT2D eigenvalue weighted by Crippen LogP contribution is -2.36. The average Bonchev–Trinajstić information content (AvgIpc) is 3.08. The molecule has 2 fully saturated rings. The molecule has 2 saturated carbocycles. The van der Waals surface area contributed by atoms with Crippen LogP contribution in [0.2, 0.25) is 0 Å². The fourth-order valence-electron chi connectivity index (χ4n) is 7.60. The van der Waals surface area contributed by atoms with Gasteiger partial charge in [-0.05, 0) is 103 Å². The van der Waals surface area contributed by atoms with Crippen LogP contribution in [0.15, 0.2) is 155 Å². The molecule has 2 N–H and O–H groups in total. The second-order valence-corrected chi connectivity index (χ2v) is 16.7. The Morgan fingerprint density at radius 1 is 0.558 bits per heavy atom. The summed E-state index contributed by atoms with van der Waals surface area (Å²) in [5.74, 6) is 1.85. The lowest BCUT2D eigenvalue weighted by atomic mass is 9.59. The average molecular weight is 705 g/mol. The number of aliphatic hydroxyl groups is 2. The van der Waals surface area contributed by atoms with Gasteiger partial charge in [-0.15, -0.1) is 0 Å². The second-order valence-electron chi connectivity index (χ2n) is 16.7. The molecular weight excluding hydrogens is 633 g/mol. The van der Waals surface area contributed by atoms with Gasteiger partial charge in [-0.3, -0.25) is 0 Å². The fraction of sp³-hybridized carbons (Fsp3) is 0.480. The molecule has 0 spiro atoms. The molecule has 52 heavy (non-hydrogen) atoms. The summed E-state index contributed by atoms with van der Waals surface area (Å²) in [6.07, 6.45) is 41.4. The summed E-state index contributed by atoms with van der Waals surface area (Å²) in [6, 6.07) is 0. The van der Waals surface area contributed by atoms with Crippen LogP contribution >= 0.6 is 0 Å². The quantitative estimate of drug-likeness (QED) is 0.124.